The zero-order valence-electron chi connectivity index (χ0n) is 19.7. The van der Waals surface area contributed by atoms with Gasteiger partial charge in [0.05, 0.1) is 0 Å². The molecular formula is C26H31N5O4. The van der Waals surface area contributed by atoms with E-state index in [1.165, 1.54) is 0 Å². The lowest BCUT2D eigenvalue weighted by atomic mass is 9.97. The third-order valence-electron chi connectivity index (χ3n) is 6.65. The lowest BCUT2D eigenvalue weighted by Gasteiger charge is -2.35. The predicted molar refractivity (Wildman–Crippen MR) is 131 cm³/mol. The number of hydrogen-bond donors (Lipinski definition) is 2. The largest absolute Gasteiger partial charge is 0.490 e. The number of amides is 3. The number of benzene rings is 1. The minimum absolute atomic E-state index is 0.0864. The summed E-state index contributed by atoms with van der Waals surface area (Å²) in [5, 5.41) is 5.71. The fourth-order valence-corrected chi connectivity index (χ4v) is 4.63. The lowest BCUT2D eigenvalue weighted by molar-refractivity contribution is -0.140. The summed E-state index contributed by atoms with van der Waals surface area (Å²) in [4.78, 5) is 31.2. The smallest absolute Gasteiger partial charge is 0.319 e. The van der Waals surface area contributed by atoms with Crippen molar-refractivity contribution >= 4 is 23.3 Å². The van der Waals surface area contributed by atoms with Gasteiger partial charge in [0.15, 0.2) is 0 Å². The van der Waals surface area contributed by atoms with E-state index in [9.17, 15) is 9.59 Å². The van der Waals surface area contributed by atoms with E-state index in [2.05, 4.69) is 15.6 Å². The Morgan fingerprint density at radius 1 is 1.03 bits per heavy atom. The Kier molecular flexibility index (Phi) is 7.13. The number of carbonyl (C=O) groups excluding carboxylic acids is 2. The number of imidazole rings is 1. The number of fused-ring (bicyclic) bond motifs is 1. The second-order valence-corrected chi connectivity index (χ2v) is 9.09. The fourth-order valence-electron chi connectivity index (χ4n) is 4.63. The number of rotatable bonds is 6. The predicted octanol–water partition coefficient (Wildman–Crippen LogP) is 3.45. The van der Waals surface area contributed by atoms with Gasteiger partial charge in [0.25, 0.3) is 0 Å². The van der Waals surface area contributed by atoms with Crippen LogP contribution in [0.25, 0.3) is 5.65 Å². The van der Waals surface area contributed by atoms with E-state index in [1.54, 1.807) is 6.20 Å². The zero-order chi connectivity index (χ0) is 24.0. The van der Waals surface area contributed by atoms with Crippen LogP contribution in [0.5, 0.6) is 5.75 Å². The summed E-state index contributed by atoms with van der Waals surface area (Å²) in [6, 6.07) is 11.0. The molecule has 2 aliphatic rings. The van der Waals surface area contributed by atoms with Crippen LogP contribution in [-0.2, 0) is 16.1 Å². The van der Waals surface area contributed by atoms with E-state index in [0.29, 0.717) is 25.4 Å². The third-order valence-corrected chi connectivity index (χ3v) is 6.65. The van der Waals surface area contributed by atoms with Gasteiger partial charge in [-0.15, -0.1) is 0 Å². The quantitative estimate of drug-likeness (QED) is 0.567. The molecule has 0 atom stereocenters. The van der Waals surface area contributed by atoms with Gasteiger partial charge in [-0.05, 0) is 54.8 Å². The topological polar surface area (TPSA) is 97.2 Å². The number of piperidine rings is 1. The highest BCUT2D eigenvalue weighted by Gasteiger charge is 2.30. The summed E-state index contributed by atoms with van der Waals surface area (Å²) in [5.41, 5.74) is 2.51. The minimum atomic E-state index is -0.275. The SMILES string of the molecule is O=C(NCc1ccn2ccnc2c1)Nc1ccc(OC2CCN(C(=O)C3CCOCC3)CC2)cc1. The number of urea groups is 1. The zero-order valence-corrected chi connectivity index (χ0v) is 19.7. The highest BCUT2D eigenvalue weighted by atomic mass is 16.5. The van der Waals surface area contributed by atoms with Crippen LogP contribution in [0.2, 0.25) is 0 Å². The van der Waals surface area contributed by atoms with Gasteiger partial charge in [-0.3, -0.25) is 4.79 Å². The molecule has 4 heterocycles. The first-order chi connectivity index (χ1) is 17.1. The second-order valence-electron chi connectivity index (χ2n) is 9.09. The van der Waals surface area contributed by atoms with E-state index in [4.69, 9.17) is 9.47 Å². The minimum Gasteiger partial charge on any atom is -0.490 e. The molecule has 9 heteroatoms. The van der Waals surface area contributed by atoms with E-state index < -0.39 is 0 Å². The van der Waals surface area contributed by atoms with Gasteiger partial charge < -0.3 is 29.4 Å². The van der Waals surface area contributed by atoms with Crippen LogP contribution in [0.3, 0.4) is 0 Å². The van der Waals surface area contributed by atoms with Crippen LogP contribution in [0.4, 0.5) is 10.5 Å². The van der Waals surface area contributed by atoms with Gasteiger partial charge >= 0.3 is 6.03 Å². The van der Waals surface area contributed by atoms with Crippen molar-refractivity contribution in [3.63, 3.8) is 0 Å². The Hall–Kier alpha value is -3.59. The van der Waals surface area contributed by atoms with E-state index in [1.807, 2.05) is 58.1 Å². The number of nitrogens with one attached hydrogen (secondary N) is 2. The molecule has 2 N–H and O–H groups in total. The average molecular weight is 478 g/mol. The molecule has 3 amide bonds. The summed E-state index contributed by atoms with van der Waals surface area (Å²) in [6.45, 7) is 3.24. The number of ether oxygens (including phenoxy) is 2. The van der Waals surface area contributed by atoms with Crippen molar-refractivity contribution in [3.8, 4) is 5.75 Å². The summed E-state index contributed by atoms with van der Waals surface area (Å²) in [5.74, 6) is 1.14. The van der Waals surface area contributed by atoms with E-state index in [0.717, 1.165) is 55.7 Å². The molecule has 5 rings (SSSR count). The number of nitrogens with zero attached hydrogens (tertiary/aromatic N) is 3. The second kappa shape index (κ2) is 10.8. The fraction of sp³-hybridized carbons (Fsp3) is 0.423. The van der Waals surface area contributed by atoms with Crippen molar-refractivity contribution in [2.75, 3.05) is 31.6 Å². The standard InChI is InChI=1S/C26H31N5O4/c32-25(20-8-15-34-16-9-20)31-12-6-23(7-13-31)35-22-3-1-21(2-4-22)29-26(33)28-18-19-5-11-30-14-10-27-24(30)17-19/h1-5,10-11,14,17,20,23H,6-9,12-13,15-16,18H2,(H2,28,29,33). The Morgan fingerprint density at radius 3 is 2.57 bits per heavy atom. The molecule has 0 radical (unpaired) electrons. The number of likely N-dealkylation sites (tertiary alicyclic amines) is 1. The lowest BCUT2D eigenvalue weighted by Crippen LogP contribution is -2.45. The Morgan fingerprint density at radius 2 is 1.80 bits per heavy atom. The number of carbonyl (C=O) groups is 2. The van der Waals surface area contributed by atoms with Gasteiger partial charge in [-0.25, -0.2) is 9.78 Å². The van der Waals surface area contributed by atoms with E-state index >= 15 is 0 Å². The van der Waals surface area contributed by atoms with Gasteiger partial charge in [-0.1, -0.05) is 0 Å². The molecule has 2 aromatic heterocycles. The molecule has 0 unspecified atom stereocenters. The van der Waals surface area contributed by atoms with Crippen molar-refractivity contribution in [2.45, 2.75) is 38.3 Å². The van der Waals surface area contributed by atoms with Crippen LogP contribution in [-0.4, -0.2) is 58.6 Å². The van der Waals surface area contributed by atoms with Crippen LogP contribution in [0.15, 0.2) is 55.0 Å². The first-order valence-electron chi connectivity index (χ1n) is 12.2. The summed E-state index contributed by atoms with van der Waals surface area (Å²) in [7, 11) is 0. The molecule has 0 saturated carbocycles. The average Bonchev–Trinajstić information content (AvgIpc) is 3.37. The molecule has 0 aliphatic carbocycles. The highest BCUT2D eigenvalue weighted by Crippen LogP contribution is 2.24. The number of aromatic nitrogens is 2. The summed E-state index contributed by atoms with van der Waals surface area (Å²) < 4.78 is 13.4. The molecule has 1 aromatic carbocycles. The van der Waals surface area contributed by atoms with Crippen molar-refractivity contribution in [1.82, 2.24) is 19.6 Å². The number of hydrogen-bond acceptors (Lipinski definition) is 5. The van der Waals surface area contributed by atoms with Gasteiger partial charge in [0, 0.05) is 75.9 Å². The molecule has 3 aromatic rings. The van der Waals surface area contributed by atoms with Gasteiger partial charge in [0.2, 0.25) is 5.91 Å². The molecule has 9 nitrogen and oxygen atoms in total. The Bertz CT molecular complexity index is 1150. The molecular weight excluding hydrogens is 446 g/mol. The third kappa shape index (κ3) is 5.92. The molecule has 0 bridgehead atoms. The van der Waals surface area contributed by atoms with Crippen LogP contribution >= 0.6 is 0 Å². The van der Waals surface area contributed by atoms with Crippen molar-refractivity contribution in [1.29, 1.82) is 0 Å². The molecule has 2 saturated heterocycles. The maximum atomic E-state index is 12.7. The molecule has 184 valence electrons. The molecule has 35 heavy (non-hydrogen) atoms. The highest BCUT2D eigenvalue weighted by molar-refractivity contribution is 5.89. The number of pyridine rings is 1. The van der Waals surface area contributed by atoms with Crippen LogP contribution in [0, 0.1) is 5.92 Å². The van der Waals surface area contributed by atoms with Crippen molar-refractivity contribution in [3.05, 3.63) is 60.6 Å². The van der Waals surface area contributed by atoms with Crippen molar-refractivity contribution in [2.24, 2.45) is 5.92 Å². The summed E-state index contributed by atoms with van der Waals surface area (Å²) >= 11 is 0. The first-order valence-corrected chi connectivity index (χ1v) is 12.2. The molecule has 2 fully saturated rings. The van der Waals surface area contributed by atoms with Crippen LogP contribution in [0.1, 0.15) is 31.2 Å². The Balaban J connectivity index is 1.05. The summed E-state index contributed by atoms with van der Waals surface area (Å²) in [6.07, 6.45) is 8.93. The normalized spacial score (nSPS) is 17.3. The van der Waals surface area contributed by atoms with Gasteiger partial charge in [-0.2, -0.15) is 0 Å². The maximum Gasteiger partial charge on any atom is 0.319 e. The number of anilines is 1. The Labute approximate surface area is 204 Å². The maximum absolute atomic E-state index is 12.7. The molecule has 0 spiro atoms. The van der Waals surface area contributed by atoms with E-state index in [-0.39, 0.29) is 24.0 Å². The van der Waals surface area contributed by atoms with Crippen LogP contribution < -0.4 is 15.4 Å². The first kappa shape index (κ1) is 23.2. The molecule has 2 aliphatic heterocycles. The van der Waals surface area contributed by atoms with Crippen molar-refractivity contribution < 1.29 is 19.1 Å². The monoisotopic (exact) mass is 477 g/mol. The van der Waals surface area contributed by atoms with Gasteiger partial charge in [0.1, 0.15) is 17.5 Å².